The molecule has 5 N–H and O–H groups in total. The van der Waals surface area contributed by atoms with Crippen LogP contribution in [0.1, 0.15) is 19.8 Å². The Kier molecular flexibility index (Phi) is 8.26. The minimum atomic E-state index is -3.48. The van der Waals surface area contributed by atoms with Crippen LogP contribution < -0.4 is 11.1 Å². The fourth-order valence-electron chi connectivity index (χ4n) is 2.75. The average Bonchev–Trinajstić information content (AvgIpc) is 2.81. The molecule has 10 heteroatoms. The van der Waals surface area contributed by atoms with Crippen molar-refractivity contribution in [2.24, 2.45) is 11.7 Å². The maximum Gasteiger partial charge on any atom is 0.451 e. The molecule has 0 amide bonds. The molecule has 1 aliphatic heterocycles. The molecule has 1 fully saturated rings. The Morgan fingerprint density at radius 3 is 2.64 bits per heavy atom. The Bertz CT molecular complexity index is 423. The van der Waals surface area contributed by atoms with Gasteiger partial charge in [0.25, 0.3) is 10.2 Å². The van der Waals surface area contributed by atoms with Crippen LogP contribution >= 0.6 is 0 Å². The first kappa shape index (κ1) is 19.8. The van der Waals surface area contributed by atoms with Gasteiger partial charge < -0.3 is 21.1 Å². The third-order valence-corrected chi connectivity index (χ3v) is 6.16. The standard InChI is InChI=1S/C12H29BN4O4S/c1-3-16(8-7-15-2)22(20,21)17-9-11(12(14)10-17)5-4-6-13(18)19/h11-12,15,18-19H,3-10,14H2,1-2H3/t11-,12-/m0/s1. The highest BCUT2D eigenvalue weighted by atomic mass is 32.2. The molecular weight excluding hydrogens is 307 g/mol. The fourth-order valence-corrected chi connectivity index (χ4v) is 4.46. The predicted molar refractivity (Wildman–Crippen MR) is 87.4 cm³/mol. The summed E-state index contributed by atoms with van der Waals surface area (Å²) in [7, 11) is -3.00. The van der Waals surface area contributed by atoms with Crippen LogP contribution in [0, 0.1) is 5.92 Å². The molecule has 2 atom stereocenters. The summed E-state index contributed by atoms with van der Waals surface area (Å²) in [5.41, 5.74) is 6.06. The highest BCUT2D eigenvalue weighted by Crippen LogP contribution is 2.25. The second kappa shape index (κ2) is 9.16. The number of hydrogen-bond donors (Lipinski definition) is 4. The Morgan fingerprint density at radius 1 is 1.41 bits per heavy atom. The number of rotatable bonds is 10. The van der Waals surface area contributed by atoms with Crippen molar-refractivity contribution in [2.45, 2.75) is 32.1 Å². The molecule has 22 heavy (non-hydrogen) atoms. The maximum atomic E-state index is 12.6. The molecule has 0 aliphatic carbocycles. The SMILES string of the molecule is CCN(CCNC)S(=O)(=O)N1C[C@H](CCCB(O)O)[C@@H](N)C1. The first-order chi connectivity index (χ1) is 10.3. The Morgan fingerprint density at radius 2 is 2.09 bits per heavy atom. The van der Waals surface area contributed by atoms with Crippen LogP contribution in [0.15, 0.2) is 0 Å². The van der Waals surface area contributed by atoms with Crippen molar-refractivity contribution in [2.75, 3.05) is 39.8 Å². The number of likely N-dealkylation sites (N-methyl/N-ethyl adjacent to an activating group) is 2. The van der Waals surface area contributed by atoms with E-state index < -0.39 is 17.3 Å². The van der Waals surface area contributed by atoms with E-state index in [0.29, 0.717) is 51.9 Å². The monoisotopic (exact) mass is 336 g/mol. The topological polar surface area (TPSA) is 119 Å². The van der Waals surface area contributed by atoms with E-state index in [1.54, 1.807) is 7.05 Å². The van der Waals surface area contributed by atoms with Crippen molar-refractivity contribution in [3.05, 3.63) is 0 Å². The zero-order chi connectivity index (χ0) is 16.8. The molecule has 0 unspecified atom stereocenters. The summed E-state index contributed by atoms with van der Waals surface area (Å²) in [4.78, 5) is 0. The second-order valence-electron chi connectivity index (χ2n) is 5.76. The molecule has 130 valence electrons. The van der Waals surface area contributed by atoms with Gasteiger partial charge in [-0.3, -0.25) is 0 Å². The van der Waals surface area contributed by atoms with Gasteiger partial charge in [0.05, 0.1) is 0 Å². The van der Waals surface area contributed by atoms with E-state index in [0.717, 1.165) is 0 Å². The van der Waals surface area contributed by atoms with E-state index in [-0.39, 0.29) is 12.0 Å². The van der Waals surface area contributed by atoms with Crippen LogP contribution in [0.5, 0.6) is 0 Å². The van der Waals surface area contributed by atoms with Gasteiger partial charge in [0.1, 0.15) is 0 Å². The van der Waals surface area contributed by atoms with E-state index in [2.05, 4.69) is 5.32 Å². The maximum absolute atomic E-state index is 12.6. The molecule has 1 saturated heterocycles. The number of hydrogen-bond acceptors (Lipinski definition) is 6. The van der Waals surface area contributed by atoms with Gasteiger partial charge in [-0.2, -0.15) is 17.0 Å². The summed E-state index contributed by atoms with van der Waals surface area (Å²) in [5.74, 6) is 0.0662. The average molecular weight is 336 g/mol. The van der Waals surface area contributed by atoms with E-state index in [1.807, 2.05) is 6.92 Å². The zero-order valence-electron chi connectivity index (χ0n) is 13.5. The van der Waals surface area contributed by atoms with Gasteiger partial charge in [-0.25, -0.2) is 0 Å². The molecule has 0 saturated carbocycles. The Balaban J connectivity index is 2.61. The minimum absolute atomic E-state index is 0.0662. The largest absolute Gasteiger partial charge is 0.451 e. The lowest BCUT2D eigenvalue weighted by atomic mass is 9.82. The number of nitrogens with zero attached hydrogens (tertiary/aromatic N) is 2. The van der Waals surface area contributed by atoms with Crippen LogP contribution in [0.25, 0.3) is 0 Å². The van der Waals surface area contributed by atoms with E-state index in [1.165, 1.54) is 8.61 Å². The molecule has 1 rings (SSSR count). The molecular formula is C12H29BN4O4S. The van der Waals surface area contributed by atoms with Crippen molar-refractivity contribution < 1.29 is 18.5 Å². The Labute approximate surface area is 134 Å². The number of nitrogens with two attached hydrogens (primary N) is 1. The van der Waals surface area contributed by atoms with Crippen LogP contribution in [-0.4, -0.2) is 80.0 Å². The molecule has 0 radical (unpaired) electrons. The van der Waals surface area contributed by atoms with Crippen molar-refractivity contribution in [3.8, 4) is 0 Å². The highest BCUT2D eigenvalue weighted by molar-refractivity contribution is 7.86. The zero-order valence-corrected chi connectivity index (χ0v) is 14.3. The van der Waals surface area contributed by atoms with E-state index >= 15 is 0 Å². The normalized spacial score (nSPS) is 23.4. The van der Waals surface area contributed by atoms with Crippen LogP contribution in [0.3, 0.4) is 0 Å². The van der Waals surface area contributed by atoms with Gasteiger partial charge in [0.15, 0.2) is 0 Å². The summed E-state index contributed by atoms with van der Waals surface area (Å²) in [6.45, 7) is 4.01. The van der Waals surface area contributed by atoms with E-state index in [4.69, 9.17) is 15.8 Å². The van der Waals surface area contributed by atoms with Gasteiger partial charge >= 0.3 is 7.12 Å². The molecule has 0 bridgehead atoms. The van der Waals surface area contributed by atoms with E-state index in [9.17, 15) is 8.42 Å². The van der Waals surface area contributed by atoms with Gasteiger partial charge in [0, 0.05) is 38.8 Å². The van der Waals surface area contributed by atoms with Crippen LogP contribution in [0.4, 0.5) is 0 Å². The fraction of sp³-hybridized carbons (Fsp3) is 1.00. The molecule has 1 aliphatic rings. The van der Waals surface area contributed by atoms with Gasteiger partial charge in [-0.1, -0.05) is 13.3 Å². The molecule has 0 aromatic carbocycles. The summed E-state index contributed by atoms with van der Waals surface area (Å²) >= 11 is 0. The van der Waals surface area contributed by atoms with Crippen molar-refractivity contribution >= 4 is 17.3 Å². The third kappa shape index (κ3) is 5.45. The van der Waals surface area contributed by atoms with Gasteiger partial charge in [-0.05, 0) is 25.7 Å². The summed E-state index contributed by atoms with van der Waals surface area (Å²) < 4.78 is 28.2. The predicted octanol–water partition coefficient (Wildman–Crippen LogP) is -1.72. The Hall–Kier alpha value is -0.225. The summed E-state index contributed by atoms with van der Waals surface area (Å²) in [5, 5.41) is 20.7. The molecule has 8 nitrogen and oxygen atoms in total. The van der Waals surface area contributed by atoms with Crippen molar-refractivity contribution in [1.82, 2.24) is 13.9 Å². The lowest BCUT2D eigenvalue weighted by Gasteiger charge is -2.26. The van der Waals surface area contributed by atoms with Crippen LogP contribution in [-0.2, 0) is 10.2 Å². The van der Waals surface area contributed by atoms with Gasteiger partial charge in [-0.15, -0.1) is 0 Å². The quantitative estimate of drug-likeness (QED) is 0.353. The summed E-state index contributed by atoms with van der Waals surface area (Å²) in [6, 6.07) is -0.200. The lowest BCUT2D eigenvalue weighted by Crippen LogP contribution is -2.45. The van der Waals surface area contributed by atoms with Crippen LogP contribution in [0.2, 0.25) is 6.32 Å². The van der Waals surface area contributed by atoms with Crippen molar-refractivity contribution in [1.29, 1.82) is 0 Å². The van der Waals surface area contributed by atoms with Gasteiger partial charge in [0.2, 0.25) is 0 Å². The summed E-state index contributed by atoms with van der Waals surface area (Å²) in [6.07, 6.45) is 1.62. The molecule has 0 spiro atoms. The molecule has 0 aromatic heterocycles. The molecule has 1 heterocycles. The first-order valence-corrected chi connectivity index (χ1v) is 9.24. The molecule has 0 aromatic rings. The lowest BCUT2D eigenvalue weighted by molar-refractivity contribution is 0.360. The highest BCUT2D eigenvalue weighted by Gasteiger charge is 2.38. The smallest absolute Gasteiger partial charge is 0.427 e. The first-order valence-electron chi connectivity index (χ1n) is 7.84. The third-order valence-electron chi connectivity index (χ3n) is 4.11. The second-order valence-corrected chi connectivity index (χ2v) is 7.68. The minimum Gasteiger partial charge on any atom is -0.427 e. The van der Waals surface area contributed by atoms with Crippen molar-refractivity contribution in [3.63, 3.8) is 0 Å². The number of nitrogens with one attached hydrogen (secondary N) is 1.